The van der Waals surface area contributed by atoms with E-state index < -0.39 is 0 Å². The molecular weight excluding hydrogens is 412 g/mol. The van der Waals surface area contributed by atoms with Crippen molar-refractivity contribution in [1.82, 2.24) is 14.5 Å². The minimum atomic E-state index is -0.131. The van der Waals surface area contributed by atoms with Gasteiger partial charge in [0.25, 0.3) is 5.91 Å². The molecule has 0 aliphatic heterocycles. The number of hydrogen-bond donors (Lipinski definition) is 1. The number of carbonyl (C=O) groups excluding carboxylic acids is 1. The third-order valence-electron chi connectivity index (χ3n) is 4.97. The Morgan fingerprint density at radius 1 is 1.03 bits per heavy atom. The highest BCUT2D eigenvalue weighted by atomic mass is 32.1. The second-order valence-corrected chi connectivity index (χ2v) is 8.98. The fourth-order valence-corrected chi connectivity index (χ4v) is 5.57. The monoisotopic (exact) mass is 430 g/mol. The van der Waals surface area contributed by atoms with Crippen molar-refractivity contribution in [3.8, 4) is 22.0 Å². The number of nitrogens with one attached hydrogen (secondary N) is 1. The summed E-state index contributed by atoms with van der Waals surface area (Å²) in [6, 6.07) is 18.1. The van der Waals surface area contributed by atoms with E-state index in [-0.39, 0.29) is 5.91 Å². The molecule has 7 heteroatoms. The van der Waals surface area contributed by atoms with Gasteiger partial charge in [0.15, 0.2) is 11.0 Å². The predicted octanol–water partition coefficient (Wildman–Crippen LogP) is 5.99. The molecule has 0 saturated carbocycles. The standard InChI is InChI=1S/C23H18N4OS2/c1-14-16-10-6-7-11-17(16)29-19(14)22(28)26-23-25-18(15-8-4-3-5-9-15)20(30-23)21-24-12-13-27(21)2/h3-13H,1-2H3,(H,25,26,28). The molecule has 0 aliphatic carbocycles. The van der Waals surface area contributed by atoms with Gasteiger partial charge in [-0.2, -0.15) is 0 Å². The molecule has 30 heavy (non-hydrogen) atoms. The highest BCUT2D eigenvalue weighted by molar-refractivity contribution is 7.21. The van der Waals surface area contributed by atoms with Crippen LogP contribution in [0.2, 0.25) is 0 Å². The molecule has 2 aromatic carbocycles. The summed E-state index contributed by atoms with van der Waals surface area (Å²) in [4.78, 5) is 24.0. The first-order chi connectivity index (χ1) is 14.6. The lowest BCUT2D eigenvalue weighted by molar-refractivity contribution is 0.103. The molecule has 5 nitrogen and oxygen atoms in total. The van der Waals surface area contributed by atoms with Crippen LogP contribution in [-0.4, -0.2) is 20.4 Å². The number of hydrogen-bond acceptors (Lipinski definition) is 5. The third kappa shape index (κ3) is 3.22. The Morgan fingerprint density at radius 2 is 1.80 bits per heavy atom. The van der Waals surface area contributed by atoms with E-state index in [1.807, 2.05) is 79.3 Å². The number of rotatable bonds is 4. The number of thiazole rings is 1. The number of aromatic nitrogens is 3. The molecule has 0 spiro atoms. The van der Waals surface area contributed by atoms with E-state index in [1.54, 1.807) is 6.20 Å². The largest absolute Gasteiger partial charge is 0.333 e. The van der Waals surface area contributed by atoms with Crippen molar-refractivity contribution in [3.05, 3.63) is 77.4 Å². The molecule has 0 radical (unpaired) electrons. The van der Waals surface area contributed by atoms with Crippen LogP contribution in [0.5, 0.6) is 0 Å². The average molecular weight is 431 g/mol. The number of benzene rings is 2. The van der Waals surface area contributed by atoms with Crippen molar-refractivity contribution in [1.29, 1.82) is 0 Å². The average Bonchev–Trinajstić information content (AvgIpc) is 3.46. The zero-order valence-corrected chi connectivity index (χ0v) is 18.1. The Bertz CT molecular complexity index is 1360. The SMILES string of the molecule is Cc1c(C(=O)Nc2nc(-c3ccccc3)c(-c3nccn3C)s2)sc2ccccc12. The van der Waals surface area contributed by atoms with Gasteiger partial charge < -0.3 is 4.57 Å². The number of thiophene rings is 1. The van der Waals surface area contributed by atoms with E-state index in [9.17, 15) is 4.79 Å². The highest BCUT2D eigenvalue weighted by Gasteiger charge is 2.21. The van der Waals surface area contributed by atoms with Crippen LogP contribution in [0.4, 0.5) is 5.13 Å². The number of anilines is 1. The molecule has 5 rings (SSSR count). The number of aryl methyl sites for hydroxylation is 2. The summed E-state index contributed by atoms with van der Waals surface area (Å²) in [5.74, 6) is 0.693. The maximum atomic E-state index is 13.1. The smallest absolute Gasteiger partial charge is 0.267 e. The summed E-state index contributed by atoms with van der Waals surface area (Å²) in [5.41, 5.74) is 2.81. The quantitative estimate of drug-likeness (QED) is 0.381. The van der Waals surface area contributed by atoms with E-state index in [1.165, 1.54) is 22.7 Å². The van der Waals surface area contributed by atoms with Crippen molar-refractivity contribution >= 4 is 43.8 Å². The zero-order valence-electron chi connectivity index (χ0n) is 16.4. The Hall–Kier alpha value is -3.29. The van der Waals surface area contributed by atoms with Gasteiger partial charge in [-0.3, -0.25) is 10.1 Å². The number of fused-ring (bicyclic) bond motifs is 1. The second kappa shape index (κ2) is 7.51. The lowest BCUT2D eigenvalue weighted by atomic mass is 10.1. The van der Waals surface area contributed by atoms with Crippen LogP contribution in [0.3, 0.4) is 0 Å². The molecule has 1 N–H and O–H groups in total. The van der Waals surface area contributed by atoms with E-state index in [0.717, 1.165) is 37.6 Å². The predicted molar refractivity (Wildman–Crippen MR) is 124 cm³/mol. The lowest BCUT2D eigenvalue weighted by Crippen LogP contribution is -2.11. The van der Waals surface area contributed by atoms with Gasteiger partial charge in [-0.1, -0.05) is 59.9 Å². The number of carbonyl (C=O) groups is 1. The number of amides is 1. The molecule has 0 unspecified atom stereocenters. The summed E-state index contributed by atoms with van der Waals surface area (Å²) < 4.78 is 3.07. The van der Waals surface area contributed by atoms with Crippen LogP contribution in [-0.2, 0) is 7.05 Å². The van der Waals surface area contributed by atoms with Crippen LogP contribution in [0.1, 0.15) is 15.2 Å². The number of nitrogens with zero attached hydrogens (tertiary/aromatic N) is 3. The molecule has 3 heterocycles. The highest BCUT2D eigenvalue weighted by Crippen LogP contribution is 2.39. The van der Waals surface area contributed by atoms with Gasteiger partial charge in [0.2, 0.25) is 0 Å². The zero-order chi connectivity index (χ0) is 20.7. The Balaban J connectivity index is 1.55. The fraction of sp³-hybridized carbons (Fsp3) is 0.0870. The molecular formula is C23H18N4OS2. The lowest BCUT2D eigenvalue weighted by Gasteiger charge is -2.02. The van der Waals surface area contributed by atoms with E-state index in [0.29, 0.717) is 10.0 Å². The molecule has 0 atom stereocenters. The van der Waals surface area contributed by atoms with Crippen LogP contribution < -0.4 is 5.32 Å². The summed E-state index contributed by atoms with van der Waals surface area (Å²) in [5, 5.41) is 4.69. The first kappa shape index (κ1) is 18.7. The van der Waals surface area contributed by atoms with Gasteiger partial charge in [0.05, 0.1) is 15.4 Å². The second-order valence-electron chi connectivity index (χ2n) is 6.93. The van der Waals surface area contributed by atoms with Gasteiger partial charge in [0, 0.05) is 29.7 Å². The van der Waals surface area contributed by atoms with E-state index in [2.05, 4.69) is 10.3 Å². The Labute approximate surface area is 181 Å². The topological polar surface area (TPSA) is 59.8 Å². The van der Waals surface area contributed by atoms with Crippen molar-refractivity contribution < 1.29 is 4.79 Å². The maximum Gasteiger partial charge on any atom is 0.267 e. The normalized spacial score (nSPS) is 11.1. The van der Waals surface area contributed by atoms with Crippen molar-refractivity contribution in [2.24, 2.45) is 7.05 Å². The van der Waals surface area contributed by atoms with Crippen LogP contribution in [0, 0.1) is 6.92 Å². The van der Waals surface area contributed by atoms with E-state index in [4.69, 9.17) is 4.98 Å². The summed E-state index contributed by atoms with van der Waals surface area (Å²) in [6.07, 6.45) is 3.67. The van der Waals surface area contributed by atoms with Crippen LogP contribution in [0.25, 0.3) is 32.0 Å². The molecule has 0 bridgehead atoms. The van der Waals surface area contributed by atoms with Crippen molar-refractivity contribution in [2.75, 3.05) is 5.32 Å². The van der Waals surface area contributed by atoms with Gasteiger partial charge in [-0.15, -0.1) is 11.3 Å². The maximum absolute atomic E-state index is 13.1. The van der Waals surface area contributed by atoms with E-state index >= 15 is 0 Å². The van der Waals surface area contributed by atoms with Crippen LogP contribution in [0.15, 0.2) is 67.0 Å². The minimum absolute atomic E-state index is 0.131. The Morgan fingerprint density at radius 3 is 2.53 bits per heavy atom. The molecule has 3 aromatic heterocycles. The van der Waals surface area contributed by atoms with Crippen LogP contribution >= 0.6 is 22.7 Å². The summed E-state index contributed by atoms with van der Waals surface area (Å²) >= 11 is 2.95. The molecule has 5 aromatic rings. The molecule has 0 fully saturated rings. The number of imidazole rings is 1. The fourth-order valence-electron chi connectivity index (χ4n) is 3.45. The Kier molecular flexibility index (Phi) is 4.69. The van der Waals surface area contributed by atoms with Gasteiger partial charge in [0.1, 0.15) is 0 Å². The molecule has 0 saturated heterocycles. The van der Waals surface area contributed by atoms with Crippen molar-refractivity contribution in [3.63, 3.8) is 0 Å². The molecule has 1 amide bonds. The summed E-state index contributed by atoms with van der Waals surface area (Å²) in [6.45, 7) is 1.99. The first-order valence-electron chi connectivity index (χ1n) is 9.45. The van der Waals surface area contributed by atoms with Gasteiger partial charge >= 0.3 is 0 Å². The van der Waals surface area contributed by atoms with Crippen molar-refractivity contribution in [2.45, 2.75) is 6.92 Å². The molecule has 0 aliphatic rings. The summed E-state index contributed by atoms with van der Waals surface area (Å²) in [7, 11) is 1.95. The van der Waals surface area contributed by atoms with Gasteiger partial charge in [-0.25, -0.2) is 9.97 Å². The van der Waals surface area contributed by atoms with Gasteiger partial charge in [-0.05, 0) is 23.9 Å². The molecule has 148 valence electrons. The third-order valence-corrected chi connectivity index (χ3v) is 7.21. The first-order valence-corrected chi connectivity index (χ1v) is 11.1. The minimum Gasteiger partial charge on any atom is -0.333 e.